The van der Waals surface area contributed by atoms with Crippen LogP contribution in [0.25, 0.3) is 0 Å². The fourth-order valence-corrected chi connectivity index (χ4v) is 3.73. The second-order valence-corrected chi connectivity index (χ2v) is 7.38. The summed E-state index contributed by atoms with van der Waals surface area (Å²) in [5, 5.41) is 3.72. The molecule has 2 unspecified atom stereocenters. The van der Waals surface area contributed by atoms with Gasteiger partial charge in [0.2, 0.25) is 0 Å². The second-order valence-electron chi connectivity index (χ2n) is 7.38. The number of rotatable bonds is 5. The Bertz CT molecular complexity index is 258. The third-order valence-corrected chi connectivity index (χ3v) is 5.16. The van der Waals surface area contributed by atoms with Crippen LogP contribution in [0.1, 0.15) is 59.3 Å². The predicted molar refractivity (Wildman–Crippen MR) is 78.9 cm³/mol. The molecular weight excluding hydrogens is 220 g/mol. The van der Waals surface area contributed by atoms with Gasteiger partial charge >= 0.3 is 0 Å². The Balaban J connectivity index is 1.94. The minimum atomic E-state index is 0.532. The molecule has 18 heavy (non-hydrogen) atoms. The summed E-state index contributed by atoms with van der Waals surface area (Å²) in [7, 11) is 2.36. The molecule has 0 aromatic rings. The Labute approximate surface area is 114 Å². The van der Waals surface area contributed by atoms with Gasteiger partial charge in [0.25, 0.3) is 0 Å². The molecule has 0 spiro atoms. The Kier molecular flexibility index (Phi) is 4.71. The molecule has 2 rings (SSSR count). The van der Waals surface area contributed by atoms with Gasteiger partial charge in [-0.05, 0) is 57.0 Å². The van der Waals surface area contributed by atoms with Crippen molar-refractivity contribution in [2.75, 3.05) is 20.1 Å². The van der Waals surface area contributed by atoms with Crippen LogP contribution < -0.4 is 5.32 Å². The predicted octanol–water partition coefficient (Wildman–Crippen LogP) is 3.28. The first-order chi connectivity index (χ1) is 8.52. The molecule has 0 aliphatic heterocycles. The smallest absolute Gasteiger partial charge is 0.0251 e. The van der Waals surface area contributed by atoms with Gasteiger partial charge in [-0.15, -0.1) is 0 Å². The standard InChI is InChI=1S/C16H32N2/c1-5-17-14-9-10-16(2,3)11-15(14)18(4)12-13-7-6-8-13/h13-15,17H,5-12H2,1-4H3. The maximum absolute atomic E-state index is 3.72. The van der Waals surface area contributed by atoms with E-state index in [0.29, 0.717) is 11.5 Å². The Morgan fingerprint density at radius 3 is 2.50 bits per heavy atom. The van der Waals surface area contributed by atoms with Crippen LogP contribution in [0.2, 0.25) is 0 Å². The molecule has 106 valence electrons. The van der Waals surface area contributed by atoms with E-state index in [-0.39, 0.29) is 0 Å². The first-order valence-electron chi connectivity index (χ1n) is 7.95. The Hall–Kier alpha value is -0.0800. The highest BCUT2D eigenvalue weighted by molar-refractivity contribution is 4.94. The van der Waals surface area contributed by atoms with Crippen LogP contribution in [-0.4, -0.2) is 37.1 Å². The van der Waals surface area contributed by atoms with Crippen molar-refractivity contribution in [2.45, 2.75) is 71.4 Å². The summed E-state index contributed by atoms with van der Waals surface area (Å²) in [6, 6.07) is 1.46. The molecular formula is C16H32N2. The van der Waals surface area contributed by atoms with Crippen LogP contribution >= 0.6 is 0 Å². The molecule has 2 aliphatic carbocycles. The normalized spacial score (nSPS) is 32.5. The zero-order valence-electron chi connectivity index (χ0n) is 12.8. The molecule has 1 N–H and O–H groups in total. The molecule has 0 aromatic carbocycles. The number of likely N-dealkylation sites (N-methyl/N-ethyl adjacent to an activating group) is 2. The molecule has 2 fully saturated rings. The van der Waals surface area contributed by atoms with E-state index in [1.54, 1.807) is 0 Å². The maximum Gasteiger partial charge on any atom is 0.0251 e. The maximum atomic E-state index is 3.72. The van der Waals surface area contributed by atoms with Crippen LogP contribution in [0, 0.1) is 11.3 Å². The average Bonchev–Trinajstić information content (AvgIpc) is 2.25. The molecule has 2 heteroatoms. The lowest BCUT2D eigenvalue weighted by Gasteiger charge is -2.46. The SMILES string of the molecule is CCNC1CCC(C)(C)CC1N(C)CC1CCC1. The van der Waals surface area contributed by atoms with Gasteiger partial charge in [-0.1, -0.05) is 27.2 Å². The Morgan fingerprint density at radius 1 is 1.22 bits per heavy atom. The van der Waals surface area contributed by atoms with Crippen LogP contribution in [0.4, 0.5) is 0 Å². The fraction of sp³-hybridized carbons (Fsp3) is 1.00. The van der Waals surface area contributed by atoms with Crippen molar-refractivity contribution in [1.82, 2.24) is 10.2 Å². The number of hydrogen-bond acceptors (Lipinski definition) is 2. The van der Waals surface area contributed by atoms with E-state index in [1.807, 2.05) is 0 Å². The van der Waals surface area contributed by atoms with Gasteiger partial charge in [0.15, 0.2) is 0 Å². The summed E-state index contributed by atoms with van der Waals surface area (Å²) in [5.41, 5.74) is 0.532. The topological polar surface area (TPSA) is 15.3 Å². The van der Waals surface area contributed by atoms with Gasteiger partial charge in [0, 0.05) is 18.6 Å². The summed E-state index contributed by atoms with van der Waals surface area (Å²) in [5.74, 6) is 0.988. The van der Waals surface area contributed by atoms with Crippen molar-refractivity contribution in [3.63, 3.8) is 0 Å². The molecule has 2 saturated carbocycles. The van der Waals surface area contributed by atoms with Crippen molar-refractivity contribution in [3.8, 4) is 0 Å². The average molecular weight is 252 g/mol. The summed E-state index contributed by atoms with van der Waals surface area (Å²) in [4.78, 5) is 2.66. The zero-order chi connectivity index (χ0) is 13.2. The lowest BCUT2D eigenvalue weighted by Crippen LogP contribution is -2.54. The van der Waals surface area contributed by atoms with Crippen molar-refractivity contribution in [1.29, 1.82) is 0 Å². The molecule has 2 nitrogen and oxygen atoms in total. The molecule has 0 amide bonds. The quantitative estimate of drug-likeness (QED) is 0.808. The summed E-state index contributed by atoms with van der Waals surface area (Å²) >= 11 is 0. The zero-order valence-corrected chi connectivity index (χ0v) is 12.8. The van der Waals surface area contributed by atoms with E-state index >= 15 is 0 Å². The van der Waals surface area contributed by atoms with Crippen molar-refractivity contribution in [2.24, 2.45) is 11.3 Å². The van der Waals surface area contributed by atoms with E-state index in [4.69, 9.17) is 0 Å². The summed E-state index contributed by atoms with van der Waals surface area (Å²) in [6.45, 7) is 9.56. The van der Waals surface area contributed by atoms with Gasteiger partial charge in [-0.25, -0.2) is 0 Å². The van der Waals surface area contributed by atoms with Gasteiger partial charge in [-0.3, -0.25) is 0 Å². The summed E-state index contributed by atoms with van der Waals surface area (Å²) in [6.07, 6.45) is 8.47. The number of nitrogens with zero attached hydrogens (tertiary/aromatic N) is 1. The van der Waals surface area contributed by atoms with Crippen LogP contribution in [0.15, 0.2) is 0 Å². The lowest BCUT2D eigenvalue weighted by molar-refractivity contribution is 0.0621. The monoisotopic (exact) mass is 252 g/mol. The van der Waals surface area contributed by atoms with Crippen molar-refractivity contribution >= 4 is 0 Å². The van der Waals surface area contributed by atoms with Gasteiger partial charge in [-0.2, -0.15) is 0 Å². The summed E-state index contributed by atoms with van der Waals surface area (Å²) < 4.78 is 0. The molecule has 0 heterocycles. The molecule has 2 atom stereocenters. The molecule has 2 aliphatic rings. The van der Waals surface area contributed by atoms with Gasteiger partial charge < -0.3 is 10.2 Å². The van der Waals surface area contributed by atoms with Crippen molar-refractivity contribution in [3.05, 3.63) is 0 Å². The number of nitrogens with one attached hydrogen (secondary N) is 1. The lowest BCUT2D eigenvalue weighted by atomic mass is 9.72. The van der Waals surface area contributed by atoms with Gasteiger partial charge in [0.05, 0.1) is 0 Å². The Morgan fingerprint density at radius 2 is 1.94 bits per heavy atom. The van der Waals surface area contributed by atoms with E-state index in [9.17, 15) is 0 Å². The second kappa shape index (κ2) is 5.92. The highest BCUT2D eigenvalue weighted by atomic mass is 15.2. The van der Waals surface area contributed by atoms with Crippen molar-refractivity contribution < 1.29 is 0 Å². The fourth-order valence-electron chi connectivity index (χ4n) is 3.73. The molecule has 0 saturated heterocycles. The van der Waals surface area contributed by atoms with Crippen LogP contribution in [0.5, 0.6) is 0 Å². The largest absolute Gasteiger partial charge is 0.313 e. The minimum absolute atomic E-state index is 0.532. The molecule has 0 radical (unpaired) electrons. The van der Waals surface area contributed by atoms with Crippen LogP contribution in [0.3, 0.4) is 0 Å². The molecule has 0 aromatic heterocycles. The van der Waals surface area contributed by atoms with E-state index in [0.717, 1.165) is 18.5 Å². The third kappa shape index (κ3) is 3.48. The first kappa shape index (κ1) is 14.3. The highest BCUT2D eigenvalue weighted by Crippen LogP contribution is 2.38. The van der Waals surface area contributed by atoms with E-state index in [2.05, 4.69) is 38.0 Å². The third-order valence-electron chi connectivity index (χ3n) is 5.16. The minimum Gasteiger partial charge on any atom is -0.313 e. The highest BCUT2D eigenvalue weighted by Gasteiger charge is 2.37. The first-order valence-corrected chi connectivity index (χ1v) is 7.95. The van der Waals surface area contributed by atoms with Crippen LogP contribution in [-0.2, 0) is 0 Å². The van der Waals surface area contributed by atoms with Gasteiger partial charge in [0.1, 0.15) is 0 Å². The molecule has 0 bridgehead atoms. The number of hydrogen-bond donors (Lipinski definition) is 1. The van der Waals surface area contributed by atoms with E-state index < -0.39 is 0 Å². The van der Waals surface area contributed by atoms with E-state index in [1.165, 1.54) is 45.1 Å².